The fourth-order valence-electron chi connectivity index (χ4n) is 3.26. The van der Waals surface area contributed by atoms with Gasteiger partial charge in [-0.15, -0.1) is 0 Å². The monoisotopic (exact) mass is 446 g/mol. The van der Waals surface area contributed by atoms with E-state index in [-0.39, 0.29) is 25.9 Å². The molecule has 31 heavy (non-hydrogen) atoms. The SMILES string of the molecule is CC(C)(C)OC(=O)N1CCC(C(=O)O)(S(=O)c2ccc(Oc3cccnc3)cc2)CC1. The Morgan fingerprint density at radius 2 is 1.74 bits per heavy atom. The van der Waals surface area contributed by atoms with Gasteiger partial charge in [-0.05, 0) is 70.0 Å². The lowest BCUT2D eigenvalue weighted by Gasteiger charge is -2.38. The molecule has 8 nitrogen and oxygen atoms in total. The van der Waals surface area contributed by atoms with Crippen molar-refractivity contribution >= 4 is 22.9 Å². The van der Waals surface area contributed by atoms with E-state index in [4.69, 9.17) is 9.47 Å². The van der Waals surface area contributed by atoms with Crippen molar-refractivity contribution in [2.45, 2.75) is 48.9 Å². The number of carbonyl (C=O) groups excluding carboxylic acids is 1. The summed E-state index contributed by atoms with van der Waals surface area (Å²) in [6.07, 6.45) is 2.86. The second kappa shape index (κ2) is 9.05. The van der Waals surface area contributed by atoms with Crippen LogP contribution in [0.1, 0.15) is 33.6 Å². The third-order valence-corrected chi connectivity index (χ3v) is 6.87. The Morgan fingerprint density at radius 1 is 1.10 bits per heavy atom. The molecule has 1 aliphatic rings. The second-order valence-electron chi connectivity index (χ2n) is 8.30. The molecule has 0 radical (unpaired) electrons. The van der Waals surface area contributed by atoms with Gasteiger partial charge in [-0.2, -0.15) is 0 Å². The molecule has 1 saturated heterocycles. The van der Waals surface area contributed by atoms with Crippen LogP contribution < -0.4 is 4.74 Å². The first kappa shape index (κ1) is 22.7. The minimum absolute atomic E-state index is 0.0716. The fraction of sp³-hybridized carbons (Fsp3) is 0.409. The molecule has 1 aromatic heterocycles. The van der Waals surface area contributed by atoms with E-state index >= 15 is 0 Å². The van der Waals surface area contributed by atoms with Crippen LogP contribution in [0.2, 0.25) is 0 Å². The minimum atomic E-state index is -1.81. The number of hydrogen-bond donors (Lipinski definition) is 1. The number of piperidine rings is 1. The molecule has 1 aromatic carbocycles. The van der Waals surface area contributed by atoms with Crippen LogP contribution in [0.15, 0.2) is 53.7 Å². The van der Waals surface area contributed by atoms with Gasteiger partial charge in [0.25, 0.3) is 0 Å². The topological polar surface area (TPSA) is 106 Å². The average molecular weight is 447 g/mol. The Kier molecular flexibility index (Phi) is 6.64. The van der Waals surface area contributed by atoms with Crippen molar-refractivity contribution in [1.29, 1.82) is 0 Å². The predicted octanol–water partition coefficient (Wildman–Crippen LogP) is 3.84. The number of benzene rings is 1. The third-order valence-electron chi connectivity index (χ3n) is 4.88. The highest BCUT2D eigenvalue weighted by Gasteiger charge is 2.48. The van der Waals surface area contributed by atoms with Crippen LogP contribution in [-0.2, 0) is 20.3 Å². The number of likely N-dealkylation sites (tertiary alicyclic amines) is 1. The average Bonchev–Trinajstić information content (AvgIpc) is 2.73. The van der Waals surface area contributed by atoms with Gasteiger partial charge in [0.05, 0.1) is 17.0 Å². The van der Waals surface area contributed by atoms with Gasteiger partial charge >= 0.3 is 12.1 Å². The van der Waals surface area contributed by atoms with Crippen molar-refractivity contribution in [3.63, 3.8) is 0 Å². The maximum absolute atomic E-state index is 13.3. The van der Waals surface area contributed by atoms with Crippen LogP contribution in [0.3, 0.4) is 0 Å². The van der Waals surface area contributed by atoms with Crippen molar-refractivity contribution < 1.29 is 28.4 Å². The third kappa shape index (κ3) is 5.41. The number of carbonyl (C=O) groups is 2. The number of carboxylic acid groups (broad SMARTS) is 1. The van der Waals surface area contributed by atoms with Crippen molar-refractivity contribution in [2.75, 3.05) is 13.1 Å². The molecule has 1 atom stereocenters. The first-order valence-corrected chi connectivity index (χ1v) is 11.1. The molecule has 0 bridgehead atoms. The van der Waals surface area contributed by atoms with E-state index in [1.54, 1.807) is 69.6 Å². The summed E-state index contributed by atoms with van der Waals surface area (Å²) in [5.74, 6) is -0.0453. The Labute approximate surface area is 183 Å². The molecule has 1 amide bonds. The Balaban J connectivity index is 1.71. The molecular formula is C22H26N2O6S. The quantitative estimate of drug-likeness (QED) is 0.744. The second-order valence-corrected chi connectivity index (χ2v) is 10.1. The van der Waals surface area contributed by atoms with E-state index in [0.717, 1.165) is 0 Å². The number of aliphatic carboxylic acids is 1. The van der Waals surface area contributed by atoms with E-state index in [9.17, 15) is 18.9 Å². The van der Waals surface area contributed by atoms with Crippen molar-refractivity contribution in [3.8, 4) is 11.5 Å². The van der Waals surface area contributed by atoms with Gasteiger partial charge < -0.3 is 19.5 Å². The van der Waals surface area contributed by atoms with Crippen LogP contribution in [0.5, 0.6) is 11.5 Å². The molecular weight excluding hydrogens is 420 g/mol. The Hall–Kier alpha value is -2.94. The molecule has 1 N–H and O–H groups in total. The highest BCUT2D eigenvalue weighted by molar-refractivity contribution is 7.87. The van der Waals surface area contributed by atoms with E-state index in [1.165, 1.54) is 4.90 Å². The van der Waals surface area contributed by atoms with Crippen LogP contribution in [0, 0.1) is 0 Å². The molecule has 9 heteroatoms. The first-order valence-electron chi connectivity index (χ1n) is 9.92. The van der Waals surface area contributed by atoms with Gasteiger partial charge in [-0.3, -0.25) is 14.0 Å². The largest absolute Gasteiger partial charge is 0.480 e. The smallest absolute Gasteiger partial charge is 0.410 e. The van der Waals surface area contributed by atoms with E-state index in [2.05, 4.69) is 4.98 Å². The number of ether oxygens (including phenoxy) is 2. The van der Waals surface area contributed by atoms with E-state index in [1.807, 2.05) is 0 Å². The zero-order valence-corrected chi connectivity index (χ0v) is 18.6. The van der Waals surface area contributed by atoms with Crippen LogP contribution in [0.4, 0.5) is 4.79 Å². The molecule has 0 saturated carbocycles. The molecule has 2 aromatic rings. The van der Waals surface area contributed by atoms with Gasteiger partial charge in [0, 0.05) is 24.2 Å². The Morgan fingerprint density at radius 3 is 2.26 bits per heavy atom. The molecule has 166 valence electrons. The number of carboxylic acids is 1. The van der Waals surface area contributed by atoms with Gasteiger partial charge in [-0.1, -0.05) is 0 Å². The highest BCUT2D eigenvalue weighted by atomic mass is 32.2. The minimum Gasteiger partial charge on any atom is -0.480 e. The first-order chi connectivity index (χ1) is 14.6. The number of amides is 1. The van der Waals surface area contributed by atoms with Gasteiger partial charge in [-0.25, -0.2) is 4.79 Å². The summed E-state index contributed by atoms with van der Waals surface area (Å²) < 4.78 is 22.8. The van der Waals surface area contributed by atoms with E-state index in [0.29, 0.717) is 16.4 Å². The predicted molar refractivity (Wildman–Crippen MR) is 115 cm³/mol. The number of aromatic nitrogens is 1. The van der Waals surface area contributed by atoms with Gasteiger partial charge in [0.2, 0.25) is 0 Å². The van der Waals surface area contributed by atoms with Crippen LogP contribution >= 0.6 is 0 Å². The fourth-order valence-corrected chi connectivity index (χ4v) is 4.80. The highest BCUT2D eigenvalue weighted by Crippen LogP contribution is 2.34. The summed E-state index contributed by atoms with van der Waals surface area (Å²) >= 11 is 0. The van der Waals surface area contributed by atoms with E-state index < -0.39 is 33.2 Å². The summed E-state index contributed by atoms with van der Waals surface area (Å²) in [5.41, 5.74) is -0.638. The molecule has 1 fully saturated rings. The summed E-state index contributed by atoms with van der Waals surface area (Å²) in [6, 6.07) is 10.0. The molecule has 0 spiro atoms. The number of hydrogen-bond acceptors (Lipinski definition) is 6. The lowest BCUT2D eigenvalue weighted by molar-refractivity contribution is -0.141. The lowest BCUT2D eigenvalue weighted by Crippen LogP contribution is -2.53. The standard InChI is InChI=1S/C22H26N2O6S/c1-21(2,3)30-20(27)24-13-10-22(11-14-24,19(25)26)31(28)18-8-6-16(7-9-18)29-17-5-4-12-23-15-17/h4-9,12,15H,10-11,13-14H2,1-3H3,(H,25,26). The zero-order chi connectivity index (χ0) is 22.6. The van der Waals surface area contributed by atoms with Gasteiger partial charge in [0.15, 0.2) is 4.75 Å². The molecule has 1 aliphatic heterocycles. The van der Waals surface area contributed by atoms with Gasteiger partial charge in [0.1, 0.15) is 17.1 Å². The molecule has 1 unspecified atom stereocenters. The maximum Gasteiger partial charge on any atom is 0.410 e. The van der Waals surface area contributed by atoms with Crippen molar-refractivity contribution in [2.24, 2.45) is 0 Å². The van der Waals surface area contributed by atoms with Crippen LogP contribution in [0.25, 0.3) is 0 Å². The molecule has 0 aliphatic carbocycles. The number of pyridine rings is 1. The number of rotatable bonds is 5. The normalized spacial score (nSPS) is 16.9. The number of nitrogens with zero attached hydrogens (tertiary/aromatic N) is 2. The summed E-state index contributed by atoms with van der Waals surface area (Å²) in [6.45, 7) is 5.64. The zero-order valence-electron chi connectivity index (χ0n) is 17.7. The molecule has 2 heterocycles. The lowest BCUT2D eigenvalue weighted by atomic mass is 9.96. The summed E-state index contributed by atoms with van der Waals surface area (Å²) in [5, 5.41) is 9.92. The Bertz CT molecular complexity index is 948. The summed E-state index contributed by atoms with van der Waals surface area (Å²) in [7, 11) is -1.81. The summed E-state index contributed by atoms with van der Waals surface area (Å²) in [4.78, 5) is 30.3. The maximum atomic E-state index is 13.3. The van der Waals surface area contributed by atoms with Crippen molar-refractivity contribution in [1.82, 2.24) is 9.88 Å². The molecule has 3 rings (SSSR count). The van der Waals surface area contributed by atoms with Crippen molar-refractivity contribution in [3.05, 3.63) is 48.8 Å². The van der Waals surface area contributed by atoms with Crippen LogP contribution in [-0.4, -0.2) is 54.7 Å².